The summed E-state index contributed by atoms with van der Waals surface area (Å²) in [6, 6.07) is 10.1. The molecule has 0 aliphatic rings. The molecule has 0 radical (unpaired) electrons. The summed E-state index contributed by atoms with van der Waals surface area (Å²) in [5, 5.41) is 9.75. The first kappa shape index (κ1) is 12.6. The van der Waals surface area contributed by atoms with Gasteiger partial charge >= 0.3 is 0 Å². The molecule has 0 amide bonds. The van der Waals surface area contributed by atoms with Crippen molar-refractivity contribution in [3.05, 3.63) is 51.7 Å². The van der Waals surface area contributed by atoms with Crippen molar-refractivity contribution in [1.82, 2.24) is 0 Å². The average Bonchev–Trinajstić information content (AvgIpc) is 2.81. The van der Waals surface area contributed by atoms with E-state index in [-0.39, 0.29) is 5.84 Å². The fraction of sp³-hybridized carbons (Fsp3) is 0.214. The van der Waals surface area contributed by atoms with Crippen molar-refractivity contribution in [3.63, 3.8) is 0 Å². The summed E-state index contributed by atoms with van der Waals surface area (Å²) in [6.07, 6.45) is 0. The topological polar surface area (TPSA) is 53.1 Å². The second-order valence-electron chi connectivity index (χ2n) is 4.32. The fourth-order valence-corrected chi connectivity index (χ4v) is 2.86. The van der Waals surface area contributed by atoms with E-state index in [0.29, 0.717) is 0 Å². The number of anilines is 1. The van der Waals surface area contributed by atoms with E-state index in [1.165, 1.54) is 4.88 Å². The van der Waals surface area contributed by atoms with Crippen LogP contribution < -0.4 is 10.6 Å². The Morgan fingerprint density at radius 2 is 2.11 bits per heavy atom. The van der Waals surface area contributed by atoms with Crippen LogP contribution in [0.25, 0.3) is 0 Å². The van der Waals surface area contributed by atoms with Crippen molar-refractivity contribution in [2.45, 2.75) is 13.5 Å². The zero-order valence-electron chi connectivity index (χ0n) is 10.6. The van der Waals surface area contributed by atoms with Crippen LogP contribution >= 0.6 is 11.3 Å². The molecule has 0 saturated heterocycles. The van der Waals surface area contributed by atoms with E-state index in [1.807, 2.05) is 32.2 Å². The number of amidine groups is 1. The highest BCUT2D eigenvalue weighted by Crippen LogP contribution is 2.26. The molecule has 0 fully saturated rings. The molecule has 0 aliphatic carbocycles. The Hall–Kier alpha value is -1.81. The van der Waals surface area contributed by atoms with Gasteiger partial charge in [-0.3, -0.25) is 5.41 Å². The third kappa shape index (κ3) is 2.54. The molecular formula is C14H17N3S. The van der Waals surface area contributed by atoms with Gasteiger partial charge < -0.3 is 10.6 Å². The minimum atomic E-state index is 0.117. The Balaban J connectivity index is 2.34. The third-order valence-electron chi connectivity index (χ3n) is 2.88. The predicted molar refractivity (Wildman–Crippen MR) is 78.6 cm³/mol. The highest BCUT2D eigenvalue weighted by Gasteiger charge is 2.12. The van der Waals surface area contributed by atoms with Crippen LogP contribution in [-0.4, -0.2) is 12.9 Å². The van der Waals surface area contributed by atoms with Crippen LogP contribution in [0.15, 0.2) is 35.7 Å². The Labute approximate surface area is 111 Å². The normalized spacial score (nSPS) is 10.3. The smallest absolute Gasteiger partial charge is 0.124 e. The maximum Gasteiger partial charge on any atom is 0.124 e. The van der Waals surface area contributed by atoms with Gasteiger partial charge in [-0.2, -0.15) is 0 Å². The van der Waals surface area contributed by atoms with Gasteiger partial charge in [0.15, 0.2) is 0 Å². The van der Waals surface area contributed by atoms with E-state index >= 15 is 0 Å². The molecule has 4 heteroatoms. The van der Waals surface area contributed by atoms with E-state index < -0.39 is 0 Å². The molecule has 18 heavy (non-hydrogen) atoms. The van der Waals surface area contributed by atoms with Gasteiger partial charge in [-0.15, -0.1) is 11.3 Å². The summed E-state index contributed by atoms with van der Waals surface area (Å²) in [4.78, 5) is 3.45. The zero-order valence-corrected chi connectivity index (χ0v) is 11.4. The van der Waals surface area contributed by atoms with Crippen LogP contribution in [-0.2, 0) is 6.54 Å². The van der Waals surface area contributed by atoms with Crippen molar-refractivity contribution in [2.75, 3.05) is 11.9 Å². The Morgan fingerprint density at radius 1 is 1.33 bits per heavy atom. The van der Waals surface area contributed by atoms with E-state index in [4.69, 9.17) is 11.1 Å². The number of para-hydroxylation sites is 1. The Bertz CT molecular complexity index is 546. The van der Waals surface area contributed by atoms with Gasteiger partial charge in [0.1, 0.15) is 5.84 Å². The molecule has 0 atom stereocenters. The lowest BCUT2D eigenvalue weighted by Gasteiger charge is -2.23. The minimum absolute atomic E-state index is 0.117. The number of nitrogens with two attached hydrogens (primary N) is 1. The molecule has 1 aromatic carbocycles. The monoisotopic (exact) mass is 259 g/mol. The van der Waals surface area contributed by atoms with Crippen molar-refractivity contribution in [3.8, 4) is 0 Å². The molecular weight excluding hydrogens is 242 g/mol. The van der Waals surface area contributed by atoms with Crippen molar-refractivity contribution in [2.24, 2.45) is 5.73 Å². The predicted octanol–water partition coefficient (Wildman–Crippen LogP) is 2.98. The quantitative estimate of drug-likeness (QED) is 0.655. The highest BCUT2D eigenvalue weighted by atomic mass is 32.1. The van der Waals surface area contributed by atoms with Gasteiger partial charge in [0, 0.05) is 17.5 Å². The number of nitrogen functional groups attached to an aromatic ring is 1. The van der Waals surface area contributed by atoms with E-state index in [2.05, 4.69) is 22.4 Å². The molecule has 3 N–H and O–H groups in total. The van der Waals surface area contributed by atoms with Crippen LogP contribution in [0, 0.1) is 12.3 Å². The number of nitrogens with zero attached hydrogens (tertiary/aromatic N) is 1. The first-order valence-electron chi connectivity index (χ1n) is 5.77. The lowest BCUT2D eigenvalue weighted by Crippen LogP contribution is -2.22. The summed E-state index contributed by atoms with van der Waals surface area (Å²) >= 11 is 1.74. The second-order valence-corrected chi connectivity index (χ2v) is 5.35. The molecule has 0 spiro atoms. The van der Waals surface area contributed by atoms with Gasteiger partial charge in [-0.25, -0.2) is 0 Å². The van der Waals surface area contributed by atoms with Crippen LogP contribution in [0.3, 0.4) is 0 Å². The Kier molecular flexibility index (Phi) is 3.67. The molecule has 1 heterocycles. The summed E-state index contributed by atoms with van der Waals surface area (Å²) < 4.78 is 0. The SMILES string of the molecule is Cc1cccc(C(=N)N)c1N(C)Cc1cccs1. The number of rotatable bonds is 4. The first-order chi connectivity index (χ1) is 8.59. The summed E-state index contributed by atoms with van der Waals surface area (Å²) in [5.74, 6) is 0.117. The molecule has 2 rings (SSSR count). The van der Waals surface area contributed by atoms with Gasteiger partial charge in [0.05, 0.1) is 12.2 Å². The van der Waals surface area contributed by atoms with Gasteiger partial charge in [-0.05, 0) is 30.0 Å². The highest BCUT2D eigenvalue weighted by molar-refractivity contribution is 7.09. The van der Waals surface area contributed by atoms with Crippen LogP contribution in [0.4, 0.5) is 5.69 Å². The Morgan fingerprint density at radius 3 is 2.72 bits per heavy atom. The standard InChI is InChI=1S/C14H17N3S/c1-10-5-3-7-12(14(15)16)13(10)17(2)9-11-6-4-8-18-11/h3-8H,9H2,1-2H3,(H3,15,16). The zero-order chi connectivity index (χ0) is 13.1. The minimum Gasteiger partial charge on any atom is -0.384 e. The van der Waals surface area contributed by atoms with Crippen molar-refractivity contribution in [1.29, 1.82) is 5.41 Å². The second kappa shape index (κ2) is 5.23. The maximum atomic E-state index is 7.67. The summed E-state index contributed by atoms with van der Waals surface area (Å²) in [5.41, 5.74) is 8.63. The van der Waals surface area contributed by atoms with Gasteiger partial charge in [-0.1, -0.05) is 18.2 Å². The number of nitrogens with one attached hydrogen (secondary N) is 1. The number of benzene rings is 1. The largest absolute Gasteiger partial charge is 0.384 e. The number of aryl methyl sites for hydroxylation is 1. The summed E-state index contributed by atoms with van der Waals surface area (Å²) in [7, 11) is 2.04. The lowest BCUT2D eigenvalue weighted by molar-refractivity contribution is 0.931. The number of thiophene rings is 1. The van der Waals surface area contributed by atoms with Gasteiger partial charge in [0.25, 0.3) is 0 Å². The molecule has 94 valence electrons. The molecule has 0 saturated carbocycles. The van der Waals surface area contributed by atoms with Crippen LogP contribution in [0.5, 0.6) is 0 Å². The first-order valence-corrected chi connectivity index (χ1v) is 6.65. The molecule has 2 aromatic rings. The van der Waals surface area contributed by atoms with Crippen molar-refractivity contribution >= 4 is 22.9 Å². The fourth-order valence-electron chi connectivity index (χ4n) is 2.10. The van der Waals surface area contributed by atoms with E-state index in [0.717, 1.165) is 23.4 Å². The van der Waals surface area contributed by atoms with Crippen molar-refractivity contribution < 1.29 is 0 Å². The van der Waals surface area contributed by atoms with E-state index in [1.54, 1.807) is 11.3 Å². The molecule has 3 nitrogen and oxygen atoms in total. The van der Waals surface area contributed by atoms with E-state index in [9.17, 15) is 0 Å². The average molecular weight is 259 g/mol. The number of hydrogen-bond acceptors (Lipinski definition) is 3. The lowest BCUT2D eigenvalue weighted by atomic mass is 10.1. The molecule has 0 aliphatic heterocycles. The molecule has 1 aromatic heterocycles. The van der Waals surface area contributed by atoms with Crippen LogP contribution in [0.2, 0.25) is 0 Å². The van der Waals surface area contributed by atoms with Crippen LogP contribution in [0.1, 0.15) is 16.0 Å². The maximum absolute atomic E-state index is 7.67. The summed E-state index contributed by atoms with van der Waals surface area (Å²) in [6.45, 7) is 2.88. The molecule has 0 bridgehead atoms. The van der Waals surface area contributed by atoms with Gasteiger partial charge in [0.2, 0.25) is 0 Å². The molecule has 0 unspecified atom stereocenters. The third-order valence-corrected chi connectivity index (χ3v) is 3.74. The number of hydrogen-bond donors (Lipinski definition) is 2.